The van der Waals surface area contributed by atoms with Gasteiger partial charge in [0.25, 0.3) is 0 Å². The molecular formula is C8H8N2S. The summed E-state index contributed by atoms with van der Waals surface area (Å²) in [5, 5.41) is 3.27. The minimum atomic E-state index is 1.05. The lowest BCUT2D eigenvalue weighted by molar-refractivity contribution is 1.09. The summed E-state index contributed by atoms with van der Waals surface area (Å²) in [6.07, 6.45) is 3.85. The molecule has 2 rings (SSSR count). The van der Waals surface area contributed by atoms with Gasteiger partial charge in [-0.2, -0.15) is 0 Å². The molecule has 0 radical (unpaired) electrons. The SMILES string of the molecule is Cc1cn(-c2cccs2)cn1. The number of aromatic nitrogens is 2. The molecule has 0 fully saturated rings. The highest BCUT2D eigenvalue weighted by molar-refractivity contribution is 7.12. The Morgan fingerprint density at radius 2 is 2.45 bits per heavy atom. The van der Waals surface area contributed by atoms with Crippen molar-refractivity contribution in [3.05, 3.63) is 35.7 Å². The largest absolute Gasteiger partial charge is 0.297 e. The van der Waals surface area contributed by atoms with Gasteiger partial charge in [0.2, 0.25) is 0 Å². The van der Waals surface area contributed by atoms with Gasteiger partial charge in [0.05, 0.1) is 5.69 Å². The standard InChI is InChI=1S/C8H8N2S/c1-7-5-10(6-9-7)8-3-2-4-11-8/h2-6H,1H3. The Bertz CT molecular complexity index is 335. The fourth-order valence-corrected chi connectivity index (χ4v) is 1.63. The molecule has 0 aliphatic carbocycles. The molecule has 0 aliphatic rings. The highest BCUT2D eigenvalue weighted by Gasteiger charge is 1.95. The van der Waals surface area contributed by atoms with Crippen molar-refractivity contribution in [3.8, 4) is 5.00 Å². The molecule has 0 bridgehead atoms. The Morgan fingerprint density at radius 3 is 3.00 bits per heavy atom. The van der Waals surface area contributed by atoms with Crippen molar-refractivity contribution in [1.82, 2.24) is 9.55 Å². The number of thiophene rings is 1. The molecular weight excluding hydrogens is 156 g/mol. The molecule has 0 N–H and O–H groups in total. The van der Waals surface area contributed by atoms with Gasteiger partial charge >= 0.3 is 0 Å². The summed E-state index contributed by atoms with van der Waals surface area (Å²) in [4.78, 5) is 4.14. The summed E-state index contributed by atoms with van der Waals surface area (Å²) < 4.78 is 2.03. The lowest BCUT2D eigenvalue weighted by Crippen LogP contribution is -1.82. The summed E-state index contributed by atoms with van der Waals surface area (Å²) in [6.45, 7) is 1.99. The van der Waals surface area contributed by atoms with Gasteiger partial charge in [0.15, 0.2) is 0 Å². The molecule has 0 amide bonds. The third-order valence-corrected chi connectivity index (χ3v) is 2.35. The van der Waals surface area contributed by atoms with E-state index in [0.29, 0.717) is 0 Å². The first-order valence-electron chi connectivity index (χ1n) is 3.41. The van der Waals surface area contributed by atoms with Crippen LogP contribution in [0.1, 0.15) is 5.69 Å². The lowest BCUT2D eigenvalue weighted by Gasteiger charge is -1.92. The molecule has 3 heteroatoms. The van der Waals surface area contributed by atoms with E-state index in [2.05, 4.69) is 16.4 Å². The Morgan fingerprint density at radius 1 is 1.55 bits per heavy atom. The van der Waals surface area contributed by atoms with Gasteiger partial charge in [-0.25, -0.2) is 4.98 Å². The predicted octanol–water partition coefficient (Wildman–Crippen LogP) is 2.24. The molecule has 0 spiro atoms. The molecule has 0 atom stereocenters. The number of imidazole rings is 1. The summed E-state index contributed by atoms with van der Waals surface area (Å²) in [7, 11) is 0. The van der Waals surface area contributed by atoms with Crippen LogP contribution < -0.4 is 0 Å². The van der Waals surface area contributed by atoms with E-state index >= 15 is 0 Å². The van der Waals surface area contributed by atoms with Crippen molar-refractivity contribution in [2.75, 3.05) is 0 Å². The van der Waals surface area contributed by atoms with Crippen LogP contribution in [0.3, 0.4) is 0 Å². The highest BCUT2D eigenvalue weighted by atomic mass is 32.1. The van der Waals surface area contributed by atoms with Gasteiger partial charge in [0, 0.05) is 6.20 Å². The zero-order valence-electron chi connectivity index (χ0n) is 6.19. The van der Waals surface area contributed by atoms with Crippen LogP contribution in [-0.4, -0.2) is 9.55 Å². The number of hydrogen-bond acceptors (Lipinski definition) is 2. The third kappa shape index (κ3) is 1.19. The maximum absolute atomic E-state index is 4.14. The second-order valence-corrected chi connectivity index (χ2v) is 3.30. The van der Waals surface area contributed by atoms with Crippen LogP contribution in [0.15, 0.2) is 30.0 Å². The predicted molar refractivity (Wildman–Crippen MR) is 46.2 cm³/mol. The molecule has 2 nitrogen and oxygen atoms in total. The molecule has 0 aliphatic heterocycles. The number of nitrogens with zero attached hydrogens (tertiary/aromatic N) is 2. The van der Waals surface area contributed by atoms with Crippen LogP contribution in [0.4, 0.5) is 0 Å². The zero-order valence-corrected chi connectivity index (χ0v) is 7.01. The average molecular weight is 164 g/mol. The molecule has 11 heavy (non-hydrogen) atoms. The van der Waals surface area contributed by atoms with E-state index in [1.165, 1.54) is 5.00 Å². The van der Waals surface area contributed by atoms with E-state index in [1.54, 1.807) is 11.3 Å². The molecule has 2 aromatic rings. The maximum Gasteiger partial charge on any atom is 0.100 e. The van der Waals surface area contributed by atoms with Gasteiger partial charge in [0.1, 0.15) is 11.3 Å². The summed E-state index contributed by atoms with van der Waals surface area (Å²) in [6, 6.07) is 4.11. The average Bonchev–Trinajstić information content (AvgIpc) is 2.55. The summed E-state index contributed by atoms with van der Waals surface area (Å²) in [5.74, 6) is 0. The number of hydrogen-bond donors (Lipinski definition) is 0. The van der Waals surface area contributed by atoms with Crippen molar-refractivity contribution in [3.63, 3.8) is 0 Å². The quantitative estimate of drug-likeness (QED) is 0.632. The van der Waals surface area contributed by atoms with E-state index in [-0.39, 0.29) is 0 Å². The summed E-state index contributed by atoms with van der Waals surface area (Å²) >= 11 is 1.71. The Kier molecular flexibility index (Phi) is 1.51. The molecule has 2 aromatic heterocycles. The Labute approximate surface area is 69.1 Å². The van der Waals surface area contributed by atoms with E-state index in [0.717, 1.165) is 5.69 Å². The Balaban J connectivity index is 2.45. The Hall–Kier alpha value is -1.09. The van der Waals surface area contributed by atoms with Crippen molar-refractivity contribution in [2.45, 2.75) is 6.92 Å². The minimum absolute atomic E-state index is 1.05. The van der Waals surface area contributed by atoms with Gasteiger partial charge in [-0.3, -0.25) is 4.57 Å². The number of rotatable bonds is 1. The van der Waals surface area contributed by atoms with Crippen molar-refractivity contribution in [2.24, 2.45) is 0 Å². The molecule has 0 saturated carbocycles. The highest BCUT2D eigenvalue weighted by Crippen LogP contribution is 2.14. The van der Waals surface area contributed by atoms with Crippen LogP contribution in [0, 0.1) is 6.92 Å². The molecule has 0 unspecified atom stereocenters. The van der Waals surface area contributed by atoms with E-state index in [1.807, 2.05) is 30.1 Å². The van der Waals surface area contributed by atoms with Crippen molar-refractivity contribution >= 4 is 11.3 Å². The third-order valence-electron chi connectivity index (χ3n) is 1.47. The van der Waals surface area contributed by atoms with Crippen LogP contribution in [-0.2, 0) is 0 Å². The van der Waals surface area contributed by atoms with Gasteiger partial charge in [-0.05, 0) is 24.4 Å². The van der Waals surface area contributed by atoms with E-state index in [4.69, 9.17) is 0 Å². The lowest BCUT2D eigenvalue weighted by atomic mass is 10.5. The normalized spacial score (nSPS) is 10.3. The van der Waals surface area contributed by atoms with Crippen LogP contribution in [0.25, 0.3) is 5.00 Å². The fraction of sp³-hybridized carbons (Fsp3) is 0.125. The minimum Gasteiger partial charge on any atom is -0.297 e. The van der Waals surface area contributed by atoms with Gasteiger partial charge < -0.3 is 0 Å². The fourth-order valence-electron chi connectivity index (χ4n) is 0.959. The van der Waals surface area contributed by atoms with Crippen LogP contribution >= 0.6 is 11.3 Å². The second kappa shape index (κ2) is 2.51. The maximum atomic E-state index is 4.14. The summed E-state index contributed by atoms with van der Waals surface area (Å²) in [5.41, 5.74) is 1.05. The van der Waals surface area contributed by atoms with Crippen molar-refractivity contribution in [1.29, 1.82) is 0 Å². The zero-order chi connectivity index (χ0) is 7.68. The molecule has 56 valence electrons. The number of aryl methyl sites for hydroxylation is 1. The molecule has 0 saturated heterocycles. The van der Waals surface area contributed by atoms with Crippen molar-refractivity contribution < 1.29 is 0 Å². The monoisotopic (exact) mass is 164 g/mol. The van der Waals surface area contributed by atoms with Crippen LogP contribution in [0.2, 0.25) is 0 Å². The molecule has 0 aromatic carbocycles. The van der Waals surface area contributed by atoms with E-state index < -0.39 is 0 Å². The first kappa shape index (κ1) is 6.61. The van der Waals surface area contributed by atoms with Crippen LogP contribution in [0.5, 0.6) is 0 Å². The first-order valence-corrected chi connectivity index (χ1v) is 4.29. The first-order chi connectivity index (χ1) is 5.36. The topological polar surface area (TPSA) is 17.8 Å². The van der Waals surface area contributed by atoms with Gasteiger partial charge in [-0.1, -0.05) is 0 Å². The van der Waals surface area contributed by atoms with Gasteiger partial charge in [-0.15, -0.1) is 11.3 Å². The molecule has 2 heterocycles. The smallest absolute Gasteiger partial charge is 0.100 e. The second-order valence-electron chi connectivity index (χ2n) is 2.37. The van der Waals surface area contributed by atoms with E-state index in [9.17, 15) is 0 Å².